The van der Waals surface area contributed by atoms with Crippen LogP contribution in [0.5, 0.6) is 0 Å². The molecule has 2 aliphatic heterocycles. The van der Waals surface area contributed by atoms with Crippen LogP contribution in [-0.4, -0.2) is 16.1 Å². The molecule has 0 radical (unpaired) electrons. The molecule has 180 valence electrons. The molecule has 4 aliphatic carbocycles. The van der Waals surface area contributed by atoms with E-state index >= 15 is 0 Å². The fourth-order valence-electron chi connectivity index (χ4n) is 9.67. The first-order valence-electron chi connectivity index (χ1n) is 13.6. The number of halogens is 2. The quantitative estimate of drug-likeness (QED) is 0.444. The third kappa shape index (κ3) is 3.58. The Morgan fingerprint density at radius 3 is 1.39 bits per heavy atom. The summed E-state index contributed by atoms with van der Waals surface area (Å²) in [6.07, 6.45) is 30.0. The van der Waals surface area contributed by atoms with Gasteiger partial charge in [-0.2, -0.15) is 0 Å². The van der Waals surface area contributed by atoms with Gasteiger partial charge in [0.05, 0.1) is 0 Å². The minimum atomic E-state index is -1.14. The third-order valence-electron chi connectivity index (χ3n) is 11.7. The van der Waals surface area contributed by atoms with Gasteiger partial charge in [0.25, 0.3) is 0 Å². The van der Waals surface area contributed by atoms with Crippen molar-refractivity contribution in [2.24, 2.45) is 23.7 Å². The summed E-state index contributed by atoms with van der Waals surface area (Å²) in [5.74, 6) is 3.65. The molecule has 0 spiro atoms. The molecule has 0 N–H and O–H groups in total. The van der Waals surface area contributed by atoms with Crippen LogP contribution in [0.2, 0.25) is 43.0 Å². The van der Waals surface area contributed by atoms with Crippen LogP contribution in [-0.2, 0) is 19.2 Å². The van der Waals surface area contributed by atoms with Crippen LogP contribution < -0.4 is 24.8 Å². The molecule has 2 saturated heterocycles. The molecule has 0 aromatic rings. The molecule has 2 saturated carbocycles. The first-order chi connectivity index (χ1) is 15.1. The maximum Gasteiger partial charge on any atom is -1.00 e. The van der Waals surface area contributed by atoms with Gasteiger partial charge < -0.3 is 24.8 Å². The molecular weight excluding hydrogens is 511 g/mol. The molecule has 0 amide bonds. The predicted octanol–water partition coefficient (Wildman–Crippen LogP) is 2.52. The van der Waals surface area contributed by atoms with E-state index in [1.54, 1.807) is 61.9 Å². The zero-order valence-electron chi connectivity index (χ0n) is 20.7. The van der Waals surface area contributed by atoms with Gasteiger partial charge >= 0.3 is 203 Å². The van der Waals surface area contributed by atoms with Crippen molar-refractivity contribution in [1.29, 1.82) is 0 Å². The summed E-state index contributed by atoms with van der Waals surface area (Å²) in [5, 5.41) is 0. The molecule has 33 heavy (non-hydrogen) atoms. The van der Waals surface area contributed by atoms with E-state index in [1.807, 2.05) is 0 Å². The average Bonchev–Trinajstić information content (AvgIpc) is 3.29. The summed E-state index contributed by atoms with van der Waals surface area (Å²) in [6.45, 7) is 5.28. The molecule has 4 fully saturated rings. The van der Waals surface area contributed by atoms with Gasteiger partial charge in [0.1, 0.15) is 0 Å². The van der Waals surface area contributed by atoms with E-state index in [0.717, 1.165) is 30.4 Å². The van der Waals surface area contributed by atoms with Gasteiger partial charge in [-0.15, -0.1) is 0 Å². The Labute approximate surface area is 226 Å². The van der Waals surface area contributed by atoms with Gasteiger partial charge in [0, 0.05) is 0 Å². The molecule has 0 aromatic carbocycles. The van der Waals surface area contributed by atoms with E-state index in [2.05, 4.69) is 62.5 Å². The monoisotopic (exact) mass is 552 g/mol. The van der Waals surface area contributed by atoms with Crippen molar-refractivity contribution in [3.8, 4) is 0 Å². The Bertz CT molecular complexity index is 764. The van der Waals surface area contributed by atoms with Crippen molar-refractivity contribution in [2.75, 3.05) is 0 Å². The predicted molar refractivity (Wildman–Crippen MR) is 135 cm³/mol. The number of hydrogen-bond acceptors (Lipinski definition) is 0. The van der Waals surface area contributed by atoms with Crippen LogP contribution in [0.3, 0.4) is 0 Å². The molecule has 0 nitrogen and oxygen atoms in total. The summed E-state index contributed by atoms with van der Waals surface area (Å²) in [5.41, 5.74) is 0. The normalized spacial score (nSPS) is 42.7. The summed E-state index contributed by atoms with van der Waals surface area (Å²) >= 11 is 0.00549. The smallest absolute Gasteiger partial charge is 1.00 e. The van der Waals surface area contributed by atoms with Crippen LogP contribution in [0.25, 0.3) is 0 Å². The summed E-state index contributed by atoms with van der Waals surface area (Å²) in [6, 6.07) is 9.95. The second kappa shape index (κ2) is 9.86. The first kappa shape index (κ1) is 26.7. The van der Waals surface area contributed by atoms with Gasteiger partial charge in [-0.25, -0.2) is 0 Å². The molecule has 6 rings (SSSR count). The SMILES string of the molecule is CC[Si]1([C]2([Ti+2][C]3([Si]4(CC)CCC4)CCC4C=CC=CC43)CCC3C=CC=CC32)CCC1.[Cl-].[Cl-]. The van der Waals surface area contributed by atoms with Gasteiger partial charge in [0.2, 0.25) is 0 Å². The Morgan fingerprint density at radius 1 is 0.667 bits per heavy atom. The largest absolute Gasteiger partial charge is 1.00 e. The number of rotatable bonds is 6. The molecule has 2 heterocycles. The number of allylic oxidation sites excluding steroid dienone is 8. The fourth-order valence-corrected chi connectivity index (χ4v) is 32.9. The number of hydrogen-bond donors (Lipinski definition) is 0. The maximum atomic E-state index is 2.77. The van der Waals surface area contributed by atoms with Crippen molar-refractivity contribution >= 4 is 16.1 Å². The van der Waals surface area contributed by atoms with Gasteiger partial charge in [-0.05, 0) is 0 Å². The first-order valence-corrected chi connectivity index (χ1v) is 20.4. The van der Waals surface area contributed by atoms with Crippen LogP contribution in [0.4, 0.5) is 0 Å². The van der Waals surface area contributed by atoms with Gasteiger partial charge in [0.15, 0.2) is 0 Å². The van der Waals surface area contributed by atoms with Crippen molar-refractivity contribution in [1.82, 2.24) is 0 Å². The topological polar surface area (TPSA) is 0 Å². The molecule has 5 heteroatoms. The minimum absolute atomic E-state index is 0. The zero-order chi connectivity index (χ0) is 21.2. The van der Waals surface area contributed by atoms with Crippen molar-refractivity contribution in [3.63, 3.8) is 0 Å². The molecule has 0 aromatic heterocycles. The maximum absolute atomic E-state index is 2.77. The summed E-state index contributed by atoms with van der Waals surface area (Å²) < 4.78 is 1.67. The standard InChI is InChI=1S/2C14H21Si.2ClH.Ti/c2*1-2-15(10-5-11-15)14-9-8-12-6-3-4-7-13(12)14;;;/h2*3-4,6-7,12-13H,2,5,8-11H2,1H3;2*1H;/q;;;;+2/p-2. The second-order valence-electron chi connectivity index (χ2n) is 12.0. The van der Waals surface area contributed by atoms with Crippen LogP contribution >= 0.6 is 0 Å². The van der Waals surface area contributed by atoms with E-state index in [9.17, 15) is 0 Å². The Morgan fingerprint density at radius 2 is 1.06 bits per heavy atom. The van der Waals surface area contributed by atoms with E-state index in [0.29, 0.717) is 0 Å². The third-order valence-corrected chi connectivity index (χ3v) is 33.8. The summed E-state index contributed by atoms with van der Waals surface area (Å²) in [7, 11) is -2.29. The molecule has 6 unspecified atom stereocenters. The fraction of sp³-hybridized carbons (Fsp3) is 0.714. The van der Waals surface area contributed by atoms with Crippen molar-refractivity contribution in [2.45, 2.75) is 95.3 Å². The van der Waals surface area contributed by atoms with Crippen LogP contribution in [0.15, 0.2) is 48.6 Å². The van der Waals surface area contributed by atoms with E-state index in [1.165, 1.54) is 12.8 Å². The average molecular weight is 554 g/mol. The van der Waals surface area contributed by atoms with Crippen LogP contribution in [0.1, 0.15) is 52.4 Å². The molecule has 0 bridgehead atoms. The molecule has 6 aliphatic rings. The van der Waals surface area contributed by atoms with Crippen LogP contribution in [0, 0.1) is 23.7 Å². The Hall–Kier alpha value is 0.688. The second-order valence-corrected chi connectivity index (χ2v) is 27.1. The van der Waals surface area contributed by atoms with E-state index < -0.39 is 16.1 Å². The van der Waals surface area contributed by atoms with E-state index in [-0.39, 0.29) is 44.0 Å². The van der Waals surface area contributed by atoms with E-state index in [4.69, 9.17) is 0 Å². The summed E-state index contributed by atoms with van der Waals surface area (Å²) in [4.78, 5) is 0. The van der Waals surface area contributed by atoms with Gasteiger partial charge in [-0.1, -0.05) is 0 Å². The van der Waals surface area contributed by atoms with Crippen molar-refractivity contribution in [3.05, 3.63) is 48.6 Å². The van der Waals surface area contributed by atoms with Gasteiger partial charge in [-0.3, -0.25) is 0 Å². The zero-order valence-corrected chi connectivity index (χ0v) is 25.7. The Kier molecular flexibility index (Phi) is 7.99. The Balaban J connectivity index is 0.00000130. The molecule has 6 atom stereocenters. The minimum Gasteiger partial charge on any atom is -1.00 e. The van der Waals surface area contributed by atoms with Crippen molar-refractivity contribution < 1.29 is 44.0 Å². The molecular formula is C28H42Cl2Si2Ti. The number of fused-ring (bicyclic) bond motifs is 2.